The molecule has 0 radical (unpaired) electrons. The lowest BCUT2D eigenvalue weighted by Crippen LogP contribution is -2.23. The second-order valence-corrected chi connectivity index (χ2v) is 9.38. The minimum absolute atomic E-state index is 0.000644. The van der Waals surface area contributed by atoms with Gasteiger partial charge in [-0.1, -0.05) is 84.9 Å². The van der Waals surface area contributed by atoms with Gasteiger partial charge in [0.1, 0.15) is 6.17 Å². The van der Waals surface area contributed by atoms with Crippen LogP contribution in [0.5, 0.6) is 0 Å². The molecule has 0 spiro atoms. The van der Waals surface area contributed by atoms with Gasteiger partial charge in [-0.05, 0) is 48.0 Å². The summed E-state index contributed by atoms with van der Waals surface area (Å²) in [6.45, 7) is 0. The second kappa shape index (κ2) is 9.84. The number of hydrogen-bond acceptors (Lipinski definition) is 6. The molecular weight excluding hydrogens is 480 g/mol. The van der Waals surface area contributed by atoms with Gasteiger partial charge < -0.3 is 10.6 Å². The molecule has 1 heterocycles. The molecule has 0 aromatic heterocycles. The van der Waals surface area contributed by atoms with Crippen molar-refractivity contribution in [2.45, 2.75) is 6.17 Å². The Balaban J connectivity index is 1.23. The molecule has 1 atom stereocenters. The van der Waals surface area contributed by atoms with Crippen molar-refractivity contribution in [3.63, 3.8) is 0 Å². The van der Waals surface area contributed by atoms with Gasteiger partial charge in [0, 0.05) is 32.9 Å². The number of benzene rings is 6. The Labute approximate surface area is 225 Å². The monoisotopic (exact) mass is 504 g/mol. The summed E-state index contributed by atoms with van der Waals surface area (Å²) < 4.78 is 0. The summed E-state index contributed by atoms with van der Waals surface area (Å²) in [6, 6.07) is 42.5. The Kier molecular flexibility index (Phi) is 5.75. The van der Waals surface area contributed by atoms with Crippen LogP contribution >= 0.6 is 0 Å². The fraction of sp³-hybridized carbons (Fsp3) is 0.0303. The molecule has 2 N–H and O–H groups in total. The standard InChI is InChI=1S/C33H24N6/c1-3-10-22(11-4-1)33-34-30-17-9-16-26-29(20-21-31(35-33)32(26)30)39-38-28-19-18-27(24-14-7-8-15-25(24)28)37-36-23-12-5-2-6-13-23/h1-21,33-35H/b37-36+,39-38+. The molecule has 0 bridgehead atoms. The molecule has 39 heavy (non-hydrogen) atoms. The highest BCUT2D eigenvalue weighted by Crippen LogP contribution is 2.43. The van der Waals surface area contributed by atoms with Gasteiger partial charge in [-0.25, -0.2) is 0 Å². The molecule has 1 unspecified atom stereocenters. The Morgan fingerprint density at radius 1 is 0.410 bits per heavy atom. The maximum Gasteiger partial charge on any atom is 0.123 e. The smallest absolute Gasteiger partial charge is 0.123 e. The Morgan fingerprint density at radius 3 is 1.62 bits per heavy atom. The van der Waals surface area contributed by atoms with E-state index in [0.717, 1.165) is 55.7 Å². The fourth-order valence-corrected chi connectivity index (χ4v) is 5.03. The first-order valence-electron chi connectivity index (χ1n) is 12.9. The number of anilines is 2. The van der Waals surface area contributed by atoms with Crippen LogP contribution in [0.3, 0.4) is 0 Å². The first-order valence-corrected chi connectivity index (χ1v) is 12.9. The number of azo groups is 2. The molecule has 6 aromatic carbocycles. The molecule has 7 rings (SSSR count). The Hall–Kier alpha value is -5.36. The average molecular weight is 505 g/mol. The highest BCUT2D eigenvalue weighted by Gasteiger charge is 2.21. The molecule has 1 aliphatic heterocycles. The predicted molar refractivity (Wildman–Crippen MR) is 159 cm³/mol. The number of nitrogens with one attached hydrogen (secondary N) is 2. The highest BCUT2D eigenvalue weighted by molar-refractivity contribution is 6.09. The SMILES string of the molecule is c1ccc(/N=N/c2ccc(/N=N/c3ccc4c5c(cccc35)NC(c3ccccc3)N4)c3ccccc23)cc1. The van der Waals surface area contributed by atoms with Crippen molar-refractivity contribution in [1.82, 2.24) is 0 Å². The van der Waals surface area contributed by atoms with E-state index in [1.165, 1.54) is 5.56 Å². The number of nitrogens with zero attached hydrogens (tertiary/aromatic N) is 4. The van der Waals surface area contributed by atoms with Crippen LogP contribution in [-0.2, 0) is 0 Å². The van der Waals surface area contributed by atoms with E-state index in [4.69, 9.17) is 10.2 Å². The van der Waals surface area contributed by atoms with Gasteiger partial charge in [0.2, 0.25) is 0 Å². The lowest BCUT2D eigenvalue weighted by Gasteiger charge is -2.30. The van der Waals surface area contributed by atoms with E-state index >= 15 is 0 Å². The van der Waals surface area contributed by atoms with Crippen LogP contribution in [0.25, 0.3) is 21.5 Å². The van der Waals surface area contributed by atoms with Crippen molar-refractivity contribution in [3.8, 4) is 0 Å². The van der Waals surface area contributed by atoms with E-state index in [2.05, 4.69) is 69.4 Å². The van der Waals surface area contributed by atoms with Crippen molar-refractivity contribution in [2.75, 3.05) is 10.6 Å². The van der Waals surface area contributed by atoms with Crippen molar-refractivity contribution in [1.29, 1.82) is 0 Å². The van der Waals surface area contributed by atoms with Gasteiger partial charge in [0.15, 0.2) is 0 Å². The lowest BCUT2D eigenvalue weighted by atomic mass is 10.0. The maximum atomic E-state index is 4.71. The van der Waals surface area contributed by atoms with Crippen molar-refractivity contribution < 1.29 is 0 Å². The molecule has 6 nitrogen and oxygen atoms in total. The zero-order valence-corrected chi connectivity index (χ0v) is 21.0. The van der Waals surface area contributed by atoms with Crippen LogP contribution < -0.4 is 10.6 Å². The molecule has 186 valence electrons. The summed E-state index contributed by atoms with van der Waals surface area (Å²) in [6.07, 6.45) is 0.000644. The van der Waals surface area contributed by atoms with Crippen LogP contribution in [0.15, 0.2) is 148 Å². The van der Waals surface area contributed by atoms with Crippen LogP contribution in [0.1, 0.15) is 11.7 Å². The average Bonchev–Trinajstić information content (AvgIpc) is 3.01. The molecule has 1 aliphatic rings. The van der Waals surface area contributed by atoms with Gasteiger partial charge >= 0.3 is 0 Å². The van der Waals surface area contributed by atoms with Gasteiger partial charge in [0.05, 0.1) is 22.7 Å². The summed E-state index contributed by atoms with van der Waals surface area (Å²) in [4.78, 5) is 0. The summed E-state index contributed by atoms with van der Waals surface area (Å²) >= 11 is 0. The largest absolute Gasteiger partial charge is 0.361 e. The fourth-order valence-electron chi connectivity index (χ4n) is 5.03. The Morgan fingerprint density at radius 2 is 0.923 bits per heavy atom. The normalized spacial score (nSPS) is 14.6. The third-order valence-electron chi connectivity index (χ3n) is 6.92. The quantitative estimate of drug-likeness (QED) is 0.229. The summed E-state index contributed by atoms with van der Waals surface area (Å²) in [5.41, 5.74) is 6.53. The summed E-state index contributed by atoms with van der Waals surface area (Å²) in [5, 5.41) is 29.7. The van der Waals surface area contributed by atoms with Crippen molar-refractivity contribution >= 4 is 55.7 Å². The highest BCUT2D eigenvalue weighted by atomic mass is 15.2. The molecular formula is C33H24N6. The van der Waals surface area contributed by atoms with Crippen LogP contribution in [0, 0.1) is 0 Å². The zero-order valence-electron chi connectivity index (χ0n) is 21.0. The topological polar surface area (TPSA) is 73.5 Å². The summed E-state index contributed by atoms with van der Waals surface area (Å²) in [7, 11) is 0. The minimum atomic E-state index is 0.000644. The molecule has 0 fully saturated rings. The zero-order chi connectivity index (χ0) is 26.0. The van der Waals surface area contributed by atoms with Crippen molar-refractivity contribution in [2.24, 2.45) is 20.5 Å². The Bertz CT molecular complexity index is 1850. The van der Waals surface area contributed by atoms with Gasteiger partial charge in [0.25, 0.3) is 0 Å². The lowest BCUT2D eigenvalue weighted by molar-refractivity contribution is 0.897. The van der Waals surface area contributed by atoms with E-state index in [1.807, 2.05) is 78.9 Å². The molecule has 0 amide bonds. The van der Waals surface area contributed by atoms with Crippen LogP contribution in [0.2, 0.25) is 0 Å². The molecule has 6 heteroatoms. The van der Waals surface area contributed by atoms with E-state index in [-0.39, 0.29) is 6.17 Å². The predicted octanol–water partition coefficient (Wildman–Crippen LogP) is 10.4. The van der Waals surface area contributed by atoms with Gasteiger partial charge in [-0.2, -0.15) is 5.11 Å². The van der Waals surface area contributed by atoms with E-state index in [9.17, 15) is 0 Å². The second-order valence-electron chi connectivity index (χ2n) is 9.38. The third-order valence-corrected chi connectivity index (χ3v) is 6.92. The number of fused-ring (bicyclic) bond motifs is 1. The van der Waals surface area contributed by atoms with Gasteiger partial charge in [-0.3, -0.25) is 0 Å². The third kappa shape index (κ3) is 4.38. The van der Waals surface area contributed by atoms with Crippen LogP contribution in [0.4, 0.5) is 34.1 Å². The summed E-state index contributed by atoms with van der Waals surface area (Å²) in [5.74, 6) is 0. The minimum Gasteiger partial charge on any atom is -0.361 e. The molecule has 0 saturated carbocycles. The molecule has 0 saturated heterocycles. The first kappa shape index (κ1) is 22.8. The van der Waals surface area contributed by atoms with E-state index in [0.29, 0.717) is 0 Å². The van der Waals surface area contributed by atoms with E-state index < -0.39 is 0 Å². The van der Waals surface area contributed by atoms with Crippen molar-refractivity contribution in [3.05, 3.63) is 133 Å². The molecule has 6 aromatic rings. The first-order chi connectivity index (χ1) is 19.3. The van der Waals surface area contributed by atoms with Gasteiger partial charge in [-0.15, -0.1) is 15.3 Å². The number of rotatable bonds is 5. The number of hydrogen-bond donors (Lipinski definition) is 2. The molecule has 0 aliphatic carbocycles. The maximum absolute atomic E-state index is 4.71. The van der Waals surface area contributed by atoms with Crippen LogP contribution in [-0.4, -0.2) is 0 Å². The van der Waals surface area contributed by atoms with E-state index in [1.54, 1.807) is 0 Å².